The van der Waals surface area contributed by atoms with E-state index in [0.29, 0.717) is 5.56 Å². The molecule has 7 nitrogen and oxygen atoms in total. The average molecular weight is 370 g/mol. The van der Waals surface area contributed by atoms with Crippen LogP contribution in [0, 0.1) is 10.1 Å². The molecule has 0 aliphatic carbocycles. The van der Waals surface area contributed by atoms with Crippen molar-refractivity contribution in [2.75, 3.05) is 6.26 Å². The predicted octanol–water partition coefficient (Wildman–Crippen LogP) is 3.01. The standard InChI is InChI=1S/C15H12ClNO6S/c1-24(21,22)9-10-3-2-4-11(7-10)15(18)23-14-6-5-12(17(19)20)8-13(14)16/h2-8H,9H2,1H3. The van der Waals surface area contributed by atoms with Gasteiger partial charge in [-0.2, -0.15) is 0 Å². The second-order valence-electron chi connectivity index (χ2n) is 5.03. The molecule has 0 N–H and O–H groups in total. The predicted molar refractivity (Wildman–Crippen MR) is 88.1 cm³/mol. The van der Waals surface area contributed by atoms with Crippen LogP contribution < -0.4 is 4.74 Å². The number of sulfone groups is 1. The molecule has 0 heterocycles. The third-order valence-electron chi connectivity index (χ3n) is 2.92. The first-order valence-electron chi connectivity index (χ1n) is 6.58. The maximum Gasteiger partial charge on any atom is 0.343 e. The Balaban J connectivity index is 2.21. The fourth-order valence-electron chi connectivity index (χ4n) is 1.94. The maximum atomic E-state index is 12.1. The fraction of sp³-hybridized carbons (Fsp3) is 0.133. The molecule has 0 aliphatic rings. The highest BCUT2D eigenvalue weighted by molar-refractivity contribution is 7.89. The number of halogens is 1. The Morgan fingerprint density at radius 3 is 2.54 bits per heavy atom. The van der Waals surface area contributed by atoms with E-state index in [1.807, 2.05) is 0 Å². The lowest BCUT2D eigenvalue weighted by Gasteiger charge is -2.07. The van der Waals surface area contributed by atoms with E-state index in [1.54, 1.807) is 6.07 Å². The third-order valence-corrected chi connectivity index (χ3v) is 4.07. The van der Waals surface area contributed by atoms with E-state index in [0.717, 1.165) is 18.4 Å². The SMILES string of the molecule is CS(=O)(=O)Cc1cccc(C(=O)Oc2ccc([N+](=O)[O-])cc2Cl)c1. The van der Waals surface area contributed by atoms with Gasteiger partial charge in [0.2, 0.25) is 0 Å². The van der Waals surface area contributed by atoms with Gasteiger partial charge in [0, 0.05) is 18.4 Å². The minimum Gasteiger partial charge on any atom is -0.421 e. The summed E-state index contributed by atoms with van der Waals surface area (Å²) in [5.74, 6) is -0.978. The first kappa shape index (κ1) is 17.9. The van der Waals surface area contributed by atoms with Crippen molar-refractivity contribution in [2.45, 2.75) is 5.75 Å². The third kappa shape index (κ3) is 4.77. The molecule has 0 unspecified atom stereocenters. The summed E-state index contributed by atoms with van der Waals surface area (Å²) in [6.07, 6.45) is 1.09. The summed E-state index contributed by atoms with van der Waals surface area (Å²) in [5.41, 5.74) is 0.363. The molecule has 2 rings (SSSR count). The van der Waals surface area contributed by atoms with Gasteiger partial charge in [0.15, 0.2) is 9.84 Å². The molecule has 0 fully saturated rings. The van der Waals surface area contributed by atoms with Crippen LogP contribution in [0.4, 0.5) is 5.69 Å². The number of carbonyl (C=O) groups is 1. The molecule has 0 radical (unpaired) electrons. The summed E-state index contributed by atoms with van der Waals surface area (Å²) in [5, 5.41) is 10.6. The van der Waals surface area contributed by atoms with Gasteiger partial charge in [-0.3, -0.25) is 10.1 Å². The number of esters is 1. The van der Waals surface area contributed by atoms with Crippen molar-refractivity contribution >= 4 is 33.1 Å². The largest absolute Gasteiger partial charge is 0.421 e. The summed E-state index contributed by atoms with van der Waals surface area (Å²) in [6, 6.07) is 9.44. The summed E-state index contributed by atoms with van der Waals surface area (Å²) >= 11 is 5.86. The molecule has 24 heavy (non-hydrogen) atoms. The van der Waals surface area contributed by atoms with Gasteiger partial charge in [-0.15, -0.1) is 0 Å². The minimum atomic E-state index is -3.24. The summed E-state index contributed by atoms with van der Waals surface area (Å²) in [4.78, 5) is 22.2. The molecule has 0 spiro atoms. The van der Waals surface area contributed by atoms with E-state index in [1.165, 1.54) is 24.3 Å². The van der Waals surface area contributed by atoms with Gasteiger partial charge in [-0.25, -0.2) is 13.2 Å². The second kappa shape index (κ2) is 6.98. The van der Waals surface area contributed by atoms with E-state index in [4.69, 9.17) is 16.3 Å². The van der Waals surface area contributed by atoms with Crippen molar-refractivity contribution in [1.82, 2.24) is 0 Å². The zero-order chi connectivity index (χ0) is 17.9. The molecule has 2 aromatic rings. The first-order valence-corrected chi connectivity index (χ1v) is 9.02. The van der Waals surface area contributed by atoms with Crippen LogP contribution in [-0.4, -0.2) is 25.6 Å². The minimum absolute atomic E-state index is 0.0271. The number of benzene rings is 2. The quantitative estimate of drug-likeness (QED) is 0.347. The highest BCUT2D eigenvalue weighted by atomic mass is 35.5. The van der Waals surface area contributed by atoms with Crippen LogP contribution in [0.15, 0.2) is 42.5 Å². The smallest absolute Gasteiger partial charge is 0.343 e. The number of hydrogen-bond donors (Lipinski definition) is 0. The Kier molecular flexibility index (Phi) is 5.20. The molecular weight excluding hydrogens is 358 g/mol. The Labute approximate surface area is 142 Å². The molecule has 9 heteroatoms. The molecule has 2 aromatic carbocycles. The summed E-state index contributed by atoms with van der Waals surface area (Å²) in [7, 11) is -3.24. The normalized spacial score (nSPS) is 11.1. The van der Waals surface area contributed by atoms with Gasteiger partial charge < -0.3 is 4.74 Å². The van der Waals surface area contributed by atoms with Crippen molar-refractivity contribution in [1.29, 1.82) is 0 Å². The van der Waals surface area contributed by atoms with Crippen LogP contribution in [0.3, 0.4) is 0 Å². The van der Waals surface area contributed by atoms with Crippen LogP contribution >= 0.6 is 11.6 Å². The Morgan fingerprint density at radius 1 is 1.25 bits per heavy atom. The number of carbonyl (C=O) groups excluding carboxylic acids is 1. The Bertz CT molecular complexity index is 910. The Morgan fingerprint density at radius 2 is 1.96 bits per heavy atom. The topological polar surface area (TPSA) is 104 Å². The van der Waals surface area contributed by atoms with Crippen LogP contribution in [0.1, 0.15) is 15.9 Å². The van der Waals surface area contributed by atoms with Crippen LogP contribution in [0.5, 0.6) is 5.75 Å². The number of non-ortho nitro benzene ring substituents is 1. The van der Waals surface area contributed by atoms with Gasteiger partial charge in [0.05, 0.1) is 21.3 Å². The molecule has 0 bridgehead atoms. The zero-order valence-corrected chi connectivity index (χ0v) is 14.0. The molecule has 0 aromatic heterocycles. The zero-order valence-electron chi connectivity index (χ0n) is 12.4. The molecule has 0 saturated heterocycles. The van der Waals surface area contributed by atoms with Gasteiger partial charge in [0.1, 0.15) is 5.75 Å². The van der Waals surface area contributed by atoms with Crippen molar-refractivity contribution in [2.24, 2.45) is 0 Å². The van der Waals surface area contributed by atoms with E-state index < -0.39 is 20.7 Å². The van der Waals surface area contributed by atoms with E-state index in [9.17, 15) is 23.3 Å². The lowest BCUT2D eigenvalue weighted by molar-refractivity contribution is -0.384. The van der Waals surface area contributed by atoms with E-state index in [-0.39, 0.29) is 27.8 Å². The van der Waals surface area contributed by atoms with E-state index >= 15 is 0 Å². The molecule has 0 atom stereocenters. The number of rotatable bonds is 5. The van der Waals surface area contributed by atoms with Crippen molar-refractivity contribution in [3.8, 4) is 5.75 Å². The van der Waals surface area contributed by atoms with E-state index in [2.05, 4.69) is 0 Å². The number of nitro groups is 1. The molecule has 0 saturated carbocycles. The van der Waals surface area contributed by atoms with Gasteiger partial charge in [-0.1, -0.05) is 23.7 Å². The maximum absolute atomic E-state index is 12.1. The van der Waals surface area contributed by atoms with Crippen LogP contribution in [-0.2, 0) is 15.6 Å². The van der Waals surface area contributed by atoms with Gasteiger partial charge in [0.25, 0.3) is 5.69 Å². The molecule has 0 aliphatic heterocycles. The summed E-state index contributed by atoms with van der Waals surface area (Å²) < 4.78 is 27.7. The van der Waals surface area contributed by atoms with Crippen molar-refractivity contribution < 1.29 is 22.9 Å². The molecule has 0 amide bonds. The molecular formula is C15H12ClNO6S. The van der Waals surface area contributed by atoms with Gasteiger partial charge in [-0.05, 0) is 23.8 Å². The monoisotopic (exact) mass is 369 g/mol. The number of nitro benzene ring substituents is 1. The lowest BCUT2D eigenvalue weighted by Crippen LogP contribution is -2.10. The Hall–Kier alpha value is -2.45. The second-order valence-corrected chi connectivity index (χ2v) is 7.58. The van der Waals surface area contributed by atoms with Gasteiger partial charge >= 0.3 is 5.97 Å². The highest BCUT2D eigenvalue weighted by Gasteiger charge is 2.15. The molecule has 126 valence electrons. The fourth-order valence-corrected chi connectivity index (χ4v) is 2.93. The average Bonchev–Trinajstić information content (AvgIpc) is 2.47. The van der Waals surface area contributed by atoms with Crippen LogP contribution in [0.2, 0.25) is 5.02 Å². The number of ether oxygens (including phenoxy) is 1. The van der Waals surface area contributed by atoms with Crippen molar-refractivity contribution in [3.05, 3.63) is 68.7 Å². The number of nitrogens with zero attached hydrogens (tertiary/aromatic N) is 1. The highest BCUT2D eigenvalue weighted by Crippen LogP contribution is 2.29. The summed E-state index contributed by atoms with van der Waals surface area (Å²) in [6.45, 7) is 0. The lowest BCUT2D eigenvalue weighted by atomic mass is 10.1. The first-order chi connectivity index (χ1) is 11.2. The number of hydrogen-bond acceptors (Lipinski definition) is 6. The van der Waals surface area contributed by atoms with Crippen LogP contribution in [0.25, 0.3) is 0 Å². The van der Waals surface area contributed by atoms with Crippen molar-refractivity contribution in [3.63, 3.8) is 0 Å².